The number of nitrogens with two attached hydrogens (primary N) is 2. The standard InChI is InChI=1S/C9H14N5O4P.C5H9NO4/c1-6(18-5-19(15,16)17)2-14-4-13-7-8(10)11-3-12-9(7)14;6-3(5(9)10)1-2-4(7)8/h3-4,6H,2,5H2,1H3,(H2,10,11,12)(H2,15,16,17);3H,1-2,6H2,(H,7,8)(H,9,10)/t6-;/m1./s1. The molecule has 0 amide bonds. The maximum Gasteiger partial charge on any atom is 0.350 e. The molecule has 2 rings (SSSR count). The van der Waals surface area contributed by atoms with E-state index in [-0.39, 0.29) is 18.7 Å². The van der Waals surface area contributed by atoms with Crippen molar-refractivity contribution in [3.05, 3.63) is 12.7 Å². The minimum Gasteiger partial charge on any atom is -0.481 e. The summed E-state index contributed by atoms with van der Waals surface area (Å²) in [4.78, 5) is 49.3. The molecule has 0 saturated carbocycles. The van der Waals surface area contributed by atoms with Crippen molar-refractivity contribution in [3.63, 3.8) is 0 Å². The third kappa shape index (κ3) is 8.93. The van der Waals surface area contributed by atoms with Crippen molar-refractivity contribution in [3.8, 4) is 0 Å². The molecule has 2 heterocycles. The summed E-state index contributed by atoms with van der Waals surface area (Å²) in [6.45, 7) is 2.05. The first-order chi connectivity index (χ1) is 13.4. The first kappa shape index (κ1) is 24.4. The van der Waals surface area contributed by atoms with Crippen LogP contribution in [0.15, 0.2) is 12.7 Å². The minimum absolute atomic E-state index is 0.0231. The number of rotatable bonds is 9. The van der Waals surface area contributed by atoms with E-state index in [0.717, 1.165) is 0 Å². The molecule has 2 aromatic heterocycles. The van der Waals surface area contributed by atoms with Crippen LogP contribution in [-0.2, 0) is 25.4 Å². The molecule has 8 N–H and O–H groups in total. The van der Waals surface area contributed by atoms with Crippen LogP contribution in [0.2, 0.25) is 0 Å². The fourth-order valence-corrected chi connectivity index (χ4v) is 2.44. The Morgan fingerprint density at radius 2 is 1.93 bits per heavy atom. The molecule has 2 atom stereocenters. The second-order valence-corrected chi connectivity index (χ2v) is 7.56. The molecule has 0 bridgehead atoms. The van der Waals surface area contributed by atoms with Gasteiger partial charge in [0, 0.05) is 6.42 Å². The largest absolute Gasteiger partial charge is 0.481 e. The number of ether oxygens (including phenoxy) is 1. The van der Waals surface area contributed by atoms with Gasteiger partial charge in [0.1, 0.15) is 24.2 Å². The number of fused-ring (bicyclic) bond motifs is 1. The number of nitrogens with zero attached hydrogens (tertiary/aromatic N) is 4. The van der Waals surface area contributed by atoms with Crippen LogP contribution in [0.25, 0.3) is 11.2 Å². The van der Waals surface area contributed by atoms with Crippen molar-refractivity contribution in [1.29, 1.82) is 0 Å². The van der Waals surface area contributed by atoms with Crippen LogP contribution in [0.4, 0.5) is 5.82 Å². The van der Waals surface area contributed by atoms with Gasteiger partial charge in [-0.15, -0.1) is 0 Å². The highest BCUT2D eigenvalue weighted by atomic mass is 31.2. The molecule has 0 aliphatic heterocycles. The minimum atomic E-state index is -4.16. The summed E-state index contributed by atoms with van der Waals surface area (Å²) in [6, 6.07) is -1.06. The van der Waals surface area contributed by atoms with Crippen molar-refractivity contribution in [1.82, 2.24) is 19.5 Å². The predicted molar refractivity (Wildman–Crippen MR) is 99.7 cm³/mol. The zero-order chi connectivity index (χ0) is 22.2. The van der Waals surface area contributed by atoms with Gasteiger partial charge in [0.05, 0.1) is 19.0 Å². The number of aliphatic carboxylic acids is 2. The molecule has 0 fully saturated rings. The SMILES string of the molecule is C[C@H](Cn1cnc2c(N)ncnc21)OCP(=O)(O)O.NC(CCC(=O)O)C(=O)O. The van der Waals surface area contributed by atoms with Gasteiger partial charge in [0.25, 0.3) is 0 Å². The predicted octanol–water partition coefficient (Wildman–Crippen LogP) is -0.788. The molecule has 14 nitrogen and oxygen atoms in total. The Bertz CT molecular complexity index is 884. The Morgan fingerprint density at radius 3 is 2.48 bits per heavy atom. The van der Waals surface area contributed by atoms with Crippen molar-refractivity contribution in [2.75, 3.05) is 12.1 Å². The average Bonchev–Trinajstić information content (AvgIpc) is 3.02. The molecular weight excluding hydrogens is 411 g/mol. The quantitative estimate of drug-likeness (QED) is 0.266. The van der Waals surface area contributed by atoms with Crippen molar-refractivity contribution in [2.45, 2.75) is 38.5 Å². The Morgan fingerprint density at radius 1 is 1.28 bits per heavy atom. The lowest BCUT2D eigenvalue weighted by Gasteiger charge is -2.14. The number of hydrogen-bond donors (Lipinski definition) is 6. The van der Waals surface area contributed by atoms with Crippen LogP contribution >= 0.6 is 7.60 Å². The fourth-order valence-electron chi connectivity index (χ4n) is 1.99. The lowest BCUT2D eigenvalue weighted by molar-refractivity contribution is -0.139. The van der Waals surface area contributed by atoms with Crippen molar-refractivity contribution in [2.24, 2.45) is 5.73 Å². The summed E-state index contributed by atoms with van der Waals surface area (Å²) in [5.41, 5.74) is 11.7. The van der Waals surface area contributed by atoms with Gasteiger partial charge in [-0.05, 0) is 13.3 Å². The van der Waals surface area contributed by atoms with Crippen molar-refractivity contribution >= 4 is 36.5 Å². The molecule has 0 spiro atoms. The van der Waals surface area contributed by atoms with Gasteiger partial charge in [-0.2, -0.15) is 0 Å². The van der Waals surface area contributed by atoms with Gasteiger partial charge in [-0.1, -0.05) is 0 Å². The molecule has 0 aromatic carbocycles. The average molecular weight is 434 g/mol. The molecule has 0 radical (unpaired) electrons. The van der Waals surface area contributed by atoms with Gasteiger partial charge >= 0.3 is 19.5 Å². The van der Waals surface area contributed by atoms with Crippen molar-refractivity contribution < 1.29 is 38.9 Å². The van der Waals surface area contributed by atoms with Crippen LogP contribution in [0.5, 0.6) is 0 Å². The van der Waals surface area contributed by atoms with Crippen LogP contribution in [0.1, 0.15) is 19.8 Å². The van der Waals surface area contributed by atoms with Crippen LogP contribution in [0.3, 0.4) is 0 Å². The number of anilines is 1. The molecular formula is C14H23N6O8P. The zero-order valence-corrected chi connectivity index (χ0v) is 16.3. The molecule has 29 heavy (non-hydrogen) atoms. The van der Waals surface area contributed by atoms with E-state index in [9.17, 15) is 14.2 Å². The van der Waals surface area contributed by atoms with Gasteiger partial charge in [0.2, 0.25) is 0 Å². The molecule has 0 aliphatic carbocycles. The summed E-state index contributed by atoms with van der Waals surface area (Å²) < 4.78 is 17.5. The number of carbonyl (C=O) groups is 2. The fraction of sp³-hybridized carbons (Fsp3) is 0.500. The van der Waals surface area contributed by atoms with E-state index in [2.05, 4.69) is 15.0 Å². The van der Waals surface area contributed by atoms with E-state index in [0.29, 0.717) is 17.7 Å². The lowest BCUT2D eigenvalue weighted by atomic mass is 10.2. The zero-order valence-electron chi connectivity index (χ0n) is 15.5. The normalized spacial score (nSPS) is 13.4. The van der Waals surface area contributed by atoms with Crippen LogP contribution in [-0.4, -0.2) is 70.0 Å². The van der Waals surface area contributed by atoms with E-state index < -0.39 is 38.0 Å². The summed E-state index contributed by atoms with van der Waals surface area (Å²) in [6.07, 6.45) is 1.63. The second kappa shape index (κ2) is 10.8. The topological polar surface area (TPSA) is 237 Å². The molecule has 0 saturated heterocycles. The van der Waals surface area contributed by atoms with Gasteiger partial charge in [-0.25, -0.2) is 15.0 Å². The van der Waals surface area contributed by atoms with E-state index >= 15 is 0 Å². The number of hydrogen-bond acceptors (Lipinski definition) is 9. The lowest BCUT2D eigenvalue weighted by Crippen LogP contribution is -2.30. The maximum absolute atomic E-state index is 10.7. The molecule has 2 aromatic rings. The Kier molecular flexibility index (Phi) is 9.07. The van der Waals surface area contributed by atoms with E-state index in [4.69, 9.17) is 36.2 Å². The Labute approximate surface area is 164 Å². The smallest absolute Gasteiger partial charge is 0.350 e. The summed E-state index contributed by atoms with van der Waals surface area (Å²) >= 11 is 0. The molecule has 162 valence electrons. The Hall–Kier alpha value is -2.64. The van der Waals surface area contributed by atoms with Gasteiger partial charge in [-0.3, -0.25) is 14.2 Å². The van der Waals surface area contributed by atoms with E-state index in [1.165, 1.54) is 12.7 Å². The second-order valence-electron chi connectivity index (χ2n) is 5.98. The monoisotopic (exact) mass is 434 g/mol. The van der Waals surface area contributed by atoms with E-state index in [1.54, 1.807) is 11.5 Å². The third-order valence-corrected chi connectivity index (χ3v) is 3.88. The Balaban J connectivity index is 0.000000359. The van der Waals surface area contributed by atoms with Crippen LogP contribution in [0, 0.1) is 0 Å². The summed E-state index contributed by atoms with van der Waals surface area (Å²) in [5.74, 6) is -1.91. The number of imidazole rings is 1. The highest BCUT2D eigenvalue weighted by Crippen LogP contribution is 2.34. The number of carboxylic acids is 2. The molecule has 15 heteroatoms. The number of nitrogen functional groups attached to an aromatic ring is 1. The van der Waals surface area contributed by atoms with Gasteiger partial charge < -0.3 is 40.8 Å². The highest BCUT2D eigenvalue weighted by molar-refractivity contribution is 7.51. The molecule has 1 unspecified atom stereocenters. The summed E-state index contributed by atoms with van der Waals surface area (Å²) in [5, 5.41) is 16.3. The first-order valence-electron chi connectivity index (χ1n) is 8.18. The highest BCUT2D eigenvalue weighted by Gasteiger charge is 2.17. The van der Waals surface area contributed by atoms with E-state index in [1.807, 2.05) is 0 Å². The maximum atomic E-state index is 10.7. The van der Waals surface area contributed by atoms with Gasteiger partial charge in [0.15, 0.2) is 11.5 Å². The van der Waals surface area contributed by atoms with Crippen LogP contribution < -0.4 is 11.5 Å². The third-order valence-electron chi connectivity index (χ3n) is 3.40. The first-order valence-corrected chi connectivity index (χ1v) is 9.98. The number of carboxylic acid groups (broad SMARTS) is 2. The molecule has 0 aliphatic rings. The number of aromatic nitrogens is 4. The summed E-state index contributed by atoms with van der Waals surface area (Å²) in [7, 11) is -4.16.